The third-order valence-electron chi connectivity index (χ3n) is 4.03. The van der Waals surface area contributed by atoms with Gasteiger partial charge in [0.2, 0.25) is 0 Å². The van der Waals surface area contributed by atoms with E-state index < -0.39 is 0 Å². The molecule has 1 aliphatic rings. The average Bonchev–Trinajstić information content (AvgIpc) is 2.33. The van der Waals surface area contributed by atoms with Gasteiger partial charge in [0.1, 0.15) is 16.6 Å². The molecule has 1 fully saturated rings. The van der Waals surface area contributed by atoms with Crippen molar-refractivity contribution in [1.82, 2.24) is 14.9 Å². The van der Waals surface area contributed by atoms with E-state index in [9.17, 15) is 0 Å². The second kappa shape index (κ2) is 5.60. The number of hydrogen-bond donors (Lipinski definition) is 2. The van der Waals surface area contributed by atoms with Crippen molar-refractivity contribution < 1.29 is 0 Å². The van der Waals surface area contributed by atoms with E-state index in [4.69, 9.17) is 5.84 Å². The summed E-state index contributed by atoms with van der Waals surface area (Å²) in [5.74, 6) is 6.89. The lowest BCUT2D eigenvalue weighted by Gasteiger charge is -2.49. The SMILES string of the molecule is CN(CC1(N(C)C)CCC1)c1ncnc(NN)c1Br. The average molecular weight is 329 g/mol. The monoisotopic (exact) mass is 328 g/mol. The maximum absolute atomic E-state index is 5.44. The highest BCUT2D eigenvalue weighted by atomic mass is 79.9. The molecule has 1 aliphatic carbocycles. The van der Waals surface area contributed by atoms with Gasteiger partial charge in [0, 0.05) is 19.1 Å². The first-order valence-corrected chi connectivity index (χ1v) is 7.15. The Kier molecular flexibility index (Phi) is 4.27. The lowest BCUT2D eigenvalue weighted by atomic mass is 9.75. The summed E-state index contributed by atoms with van der Waals surface area (Å²) in [6.45, 7) is 0.944. The summed E-state index contributed by atoms with van der Waals surface area (Å²) in [5.41, 5.74) is 2.83. The van der Waals surface area contributed by atoms with Crippen molar-refractivity contribution >= 4 is 27.6 Å². The van der Waals surface area contributed by atoms with Gasteiger partial charge in [0.25, 0.3) is 0 Å². The Morgan fingerprint density at radius 2 is 2.05 bits per heavy atom. The number of nitrogens with two attached hydrogens (primary N) is 1. The molecule has 6 nitrogen and oxygen atoms in total. The van der Waals surface area contributed by atoms with Crippen LogP contribution in [0, 0.1) is 0 Å². The molecular weight excluding hydrogens is 308 g/mol. The van der Waals surface area contributed by atoms with Crippen molar-refractivity contribution in [3.05, 3.63) is 10.8 Å². The quantitative estimate of drug-likeness (QED) is 0.629. The normalized spacial score (nSPS) is 17.2. The second-order valence-electron chi connectivity index (χ2n) is 5.33. The summed E-state index contributed by atoms with van der Waals surface area (Å²) in [4.78, 5) is 12.9. The molecule has 0 bridgehead atoms. The van der Waals surface area contributed by atoms with E-state index >= 15 is 0 Å². The molecule has 1 saturated carbocycles. The summed E-state index contributed by atoms with van der Waals surface area (Å²) >= 11 is 3.50. The molecular formula is C12H21BrN6. The molecule has 0 amide bonds. The highest BCUT2D eigenvalue weighted by Crippen LogP contribution is 2.38. The second-order valence-corrected chi connectivity index (χ2v) is 6.13. The molecule has 19 heavy (non-hydrogen) atoms. The van der Waals surface area contributed by atoms with E-state index in [1.165, 1.54) is 25.6 Å². The lowest BCUT2D eigenvalue weighted by Crippen LogP contribution is -2.56. The van der Waals surface area contributed by atoms with Gasteiger partial charge < -0.3 is 15.2 Å². The zero-order valence-electron chi connectivity index (χ0n) is 11.6. The van der Waals surface area contributed by atoms with Gasteiger partial charge in [-0.25, -0.2) is 15.8 Å². The molecule has 0 aromatic carbocycles. The standard InChI is InChI=1S/C12H21BrN6/c1-18(2)12(5-4-6-12)7-19(3)11-9(13)10(17-14)15-8-16-11/h8H,4-7,14H2,1-3H3,(H,15,16,17). The van der Waals surface area contributed by atoms with Crippen molar-refractivity contribution in [2.75, 3.05) is 38.0 Å². The first-order chi connectivity index (χ1) is 9.00. The highest BCUT2D eigenvalue weighted by Gasteiger charge is 2.40. The van der Waals surface area contributed by atoms with Gasteiger partial charge in [-0.2, -0.15) is 0 Å². The fourth-order valence-corrected chi connectivity index (χ4v) is 3.20. The molecule has 3 N–H and O–H groups in total. The molecule has 1 heterocycles. The Morgan fingerprint density at radius 1 is 1.37 bits per heavy atom. The minimum Gasteiger partial charge on any atom is -0.357 e. The van der Waals surface area contributed by atoms with Gasteiger partial charge in [-0.1, -0.05) is 0 Å². The number of nitrogens with zero attached hydrogens (tertiary/aromatic N) is 4. The largest absolute Gasteiger partial charge is 0.357 e. The third-order valence-corrected chi connectivity index (χ3v) is 4.76. The van der Waals surface area contributed by atoms with Crippen LogP contribution in [0.4, 0.5) is 11.6 Å². The molecule has 0 saturated heterocycles. The van der Waals surface area contributed by atoms with Crippen LogP contribution >= 0.6 is 15.9 Å². The maximum atomic E-state index is 5.44. The zero-order chi connectivity index (χ0) is 14.0. The number of anilines is 2. The van der Waals surface area contributed by atoms with Gasteiger partial charge in [0.15, 0.2) is 5.82 Å². The predicted molar refractivity (Wildman–Crippen MR) is 81.1 cm³/mol. The number of hydrazine groups is 1. The minimum atomic E-state index is 0.259. The number of nitrogens with one attached hydrogen (secondary N) is 1. The first-order valence-electron chi connectivity index (χ1n) is 6.36. The van der Waals surface area contributed by atoms with Crippen molar-refractivity contribution in [3.63, 3.8) is 0 Å². The Balaban J connectivity index is 2.18. The van der Waals surface area contributed by atoms with E-state index in [1.807, 2.05) is 0 Å². The van der Waals surface area contributed by atoms with E-state index in [1.54, 1.807) is 0 Å². The van der Waals surface area contributed by atoms with Crippen molar-refractivity contribution in [1.29, 1.82) is 0 Å². The molecule has 0 spiro atoms. The van der Waals surface area contributed by atoms with E-state index in [2.05, 4.69) is 62.3 Å². The highest BCUT2D eigenvalue weighted by molar-refractivity contribution is 9.10. The molecule has 0 unspecified atom stereocenters. The lowest BCUT2D eigenvalue weighted by molar-refractivity contribution is 0.0681. The van der Waals surface area contributed by atoms with Crippen molar-refractivity contribution in [2.24, 2.45) is 5.84 Å². The fraction of sp³-hybridized carbons (Fsp3) is 0.667. The molecule has 1 aromatic heterocycles. The van der Waals surface area contributed by atoms with Gasteiger partial charge in [-0.05, 0) is 49.3 Å². The van der Waals surface area contributed by atoms with Crippen LogP contribution in [0.15, 0.2) is 10.8 Å². The van der Waals surface area contributed by atoms with Crippen LogP contribution in [0.1, 0.15) is 19.3 Å². The molecule has 1 aromatic rings. The molecule has 106 valence electrons. The molecule has 0 atom stereocenters. The minimum absolute atomic E-state index is 0.259. The third kappa shape index (κ3) is 2.68. The summed E-state index contributed by atoms with van der Waals surface area (Å²) in [6, 6.07) is 0. The number of likely N-dealkylation sites (N-methyl/N-ethyl adjacent to an activating group) is 2. The van der Waals surface area contributed by atoms with Crippen LogP contribution in [-0.2, 0) is 0 Å². The van der Waals surface area contributed by atoms with Crippen molar-refractivity contribution in [2.45, 2.75) is 24.8 Å². The van der Waals surface area contributed by atoms with Crippen LogP contribution in [0.2, 0.25) is 0 Å². The number of hydrogen-bond acceptors (Lipinski definition) is 6. The Labute approximate surface area is 122 Å². The fourth-order valence-electron chi connectivity index (χ4n) is 2.58. The van der Waals surface area contributed by atoms with Crippen LogP contribution in [0.25, 0.3) is 0 Å². The molecule has 2 rings (SSSR count). The summed E-state index contributed by atoms with van der Waals surface area (Å²) < 4.78 is 0.799. The summed E-state index contributed by atoms with van der Waals surface area (Å²) in [6.07, 6.45) is 5.28. The Morgan fingerprint density at radius 3 is 2.53 bits per heavy atom. The Bertz CT molecular complexity index is 446. The topological polar surface area (TPSA) is 70.3 Å². The smallest absolute Gasteiger partial charge is 0.159 e. The van der Waals surface area contributed by atoms with E-state index in [0.29, 0.717) is 5.82 Å². The van der Waals surface area contributed by atoms with Gasteiger partial charge in [0.05, 0.1) is 0 Å². The van der Waals surface area contributed by atoms with Gasteiger partial charge in [-0.15, -0.1) is 0 Å². The van der Waals surface area contributed by atoms with Gasteiger partial charge >= 0.3 is 0 Å². The van der Waals surface area contributed by atoms with Crippen LogP contribution in [-0.4, -0.2) is 48.1 Å². The van der Waals surface area contributed by atoms with Gasteiger partial charge in [-0.3, -0.25) is 0 Å². The zero-order valence-corrected chi connectivity index (χ0v) is 13.2. The van der Waals surface area contributed by atoms with Crippen LogP contribution in [0.5, 0.6) is 0 Å². The number of halogens is 1. The maximum Gasteiger partial charge on any atom is 0.159 e. The first kappa shape index (κ1) is 14.5. The predicted octanol–water partition coefficient (Wildman–Crippen LogP) is 1.45. The molecule has 0 radical (unpaired) electrons. The molecule has 0 aliphatic heterocycles. The number of aromatic nitrogens is 2. The van der Waals surface area contributed by atoms with E-state index in [0.717, 1.165) is 16.8 Å². The summed E-state index contributed by atoms with van der Waals surface area (Å²) in [5, 5.41) is 0. The number of rotatable bonds is 5. The Hall–Kier alpha value is -0.920. The van der Waals surface area contributed by atoms with Crippen LogP contribution < -0.4 is 16.2 Å². The van der Waals surface area contributed by atoms with Crippen LogP contribution in [0.3, 0.4) is 0 Å². The number of nitrogen functional groups attached to an aromatic ring is 1. The van der Waals surface area contributed by atoms with E-state index in [-0.39, 0.29) is 5.54 Å². The summed E-state index contributed by atoms with van der Waals surface area (Å²) in [7, 11) is 6.35. The molecule has 7 heteroatoms. The van der Waals surface area contributed by atoms with Crippen molar-refractivity contribution in [3.8, 4) is 0 Å².